The van der Waals surface area contributed by atoms with Gasteiger partial charge in [-0.2, -0.15) is 0 Å². The quantitative estimate of drug-likeness (QED) is 0.920. The molecule has 2 rings (SSSR count). The lowest BCUT2D eigenvalue weighted by atomic mass is 10.2. The summed E-state index contributed by atoms with van der Waals surface area (Å²) in [7, 11) is 0. The van der Waals surface area contributed by atoms with E-state index in [1.54, 1.807) is 12.1 Å². The molecule has 1 aliphatic heterocycles. The summed E-state index contributed by atoms with van der Waals surface area (Å²) in [6.45, 7) is 2.41. The number of rotatable bonds is 3. The van der Waals surface area contributed by atoms with Gasteiger partial charge in [0.2, 0.25) is 0 Å². The number of ether oxygens (including phenoxy) is 1. The summed E-state index contributed by atoms with van der Waals surface area (Å²) in [4.78, 5) is 2.18. The molecule has 1 heterocycles. The maximum atomic E-state index is 12.1. The van der Waals surface area contributed by atoms with E-state index in [9.17, 15) is 13.2 Å². The largest absolute Gasteiger partial charge is 0.573 e. The summed E-state index contributed by atoms with van der Waals surface area (Å²) in [5.74, 6) is -0.227. The average molecular weight is 339 g/mol. The van der Waals surface area contributed by atoms with Crippen LogP contribution in [0, 0.1) is 0 Å². The van der Waals surface area contributed by atoms with Crippen molar-refractivity contribution in [3.8, 4) is 5.75 Å². The molecule has 0 bridgehead atoms. The summed E-state index contributed by atoms with van der Waals surface area (Å²) in [6.07, 6.45) is -3.72. The highest BCUT2D eigenvalue weighted by Gasteiger charge is 2.32. The number of benzene rings is 1. The van der Waals surface area contributed by atoms with Crippen molar-refractivity contribution >= 4 is 15.9 Å². The van der Waals surface area contributed by atoms with Crippen molar-refractivity contribution in [3.05, 3.63) is 28.2 Å². The predicted molar refractivity (Wildman–Crippen MR) is 68.7 cm³/mol. The third kappa shape index (κ3) is 4.36. The van der Waals surface area contributed by atoms with E-state index in [0.29, 0.717) is 11.0 Å². The molecular formula is C12H14BrF3N2O. The first-order valence-electron chi connectivity index (χ1n) is 5.85. The lowest BCUT2D eigenvalue weighted by Gasteiger charge is -2.16. The van der Waals surface area contributed by atoms with Crippen LogP contribution in [0.1, 0.15) is 12.0 Å². The van der Waals surface area contributed by atoms with Crippen molar-refractivity contribution in [3.63, 3.8) is 0 Å². The van der Waals surface area contributed by atoms with E-state index < -0.39 is 6.36 Å². The van der Waals surface area contributed by atoms with Gasteiger partial charge < -0.3 is 10.5 Å². The number of nitrogens with zero attached hydrogens (tertiary/aromatic N) is 1. The molecule has 106 valence electrons. The highest BCUT2D eigenvalue weighted by atomic mass is 79.9. The van der Waals surface area contributed by atoms with Gasteiger partial charge in [0.25, 0.3) is 0 Å². The Labute approximate surface area is 117 Å². The molecular weight excluding hydrogens is 325 g/mol. The van der Waals surface area contributed by atoms with Gasteiger partial charge in [-0.15, -0.1) is 13.2 Å². The van der Waals surface area contributed by atoms with Crippen molar-refractivity contribution in [1.82, 2.24) is 4.90 Å². The van der Waals surface area contributed by atoms with Gasteiger partial charge in [0.15, 0.2) is 0 Å². The zero-order valence-electron chi connectivity index (χ0n) is 10.1. The van der Waals surface area contributed by atoms with Crippen LogP contribution in [-0.2, 0) is 6.54 Å². The second-order valence-electron chi connectivity index (χ2n) is 4.60. The SMILES string of the molecule is N[C@H]1CCN(Cc2ccc(OC(F)(F)F)c(Br)c2)C1. The minimum absolute atomic E-state index is 0.191. The first-order chi connectivity index (χ1) is 8.83. The molecule has 1 aromatic rings. The zero-order chi connectivity index (χ0) is 14.0. The van der Waals surface area contributed by atoms with E-state index in [-0.39, 0.29) is 11.8 Å². The monoisotopic (exact) mass is 338 g/mol. The van der Waals surface area contributed by atoms with Crippen LogP contribution in [-0.4, -0.2) is 30.4 Å². The van der Waals surface area contributed by atoms with Gasteiger partial charge in [-0.25, -0.2) is 0 Å². The Hall–Kier alpha value is -0.790. The van der Waals surface area contributed by atoms with Crippen LogP contribution in [0.2, 0.25) is 0 Å². The Kier molecular flexibility index (Phi) is 4.37. The third-order valence-corrected chi connectivity index (χ3v) is 3.56. The van der Waals surface area contributed by atoms with Crippen molar-refractivity contribution < 1.29 is 17.9 Å². The number of hydrogen-bond acceptors (Lipinski definition) is 3. The van der Waals surface area contributed by atoms with E-state index in [1.165, 1.54) is 6.07 Å². The second-order valence-corrected chi connectivity index (χ2v) is 5.45. The van der Waals surface area contributed by atoms with Gasteiger partial charge in [0.05, 0.1) is 4.47 Å². The maximum Gasteiger partial charge on any atom is 0.573 e. The lowest BCUT2D eigenvalue weighted by Crippen LogP contribution is -2.26. The molecule has 1 fully saturated rings. The van der Waals surface area contributed by atoms with Gasteiger partial charge in [0, 0.05) is 25.7 Å². The summed E-state index contributed by atoms with van der Waals surface area (Å²) >= 11 is 3.09. The van der Waals surface area contributed by atoms with Crippen LogP contribution in [0.15, 0.2) is 22.7 Å². The summed E-state index contributed by atoms with van der Waals surface area (Å²) < 4.78 is 40.6. The van der Waals surface area contributed by atoms with Crippen molar-refractivity contribution in [2.45, 2.75) is 25.4 Å². The fourth-order valence-electron chi connectivity index (χ4n) is 2.11. The van der Waals surface area contributed by atoms with Crippen molar-refractivity contribution in [2.75, 3.05) is 13.1 Å². The van der Waals surface area contributed by atoms with E-state index in [2.05, 4.69) is 25.6 Å². The third-order valence-electron chi connectivity index (χ3n) is 2.94. The Morgan fingerprint density at radius 3 is 2.68 bits per heavy atom. The van der Waals surface area contributed by atoms with E-state index >= 15 is 0 Å². The lowest BCUT2D eigenvalue weighted by molar-refractivity contribution is -0.274. The van der Waals surface area contributed by atoms with E-state index in [1.807, 2.05) is 0 Å². The van der Waals surface area contributed by atoms with Crippen LogP contribution < -0.4 is 10.5 Å². The van der Waals surface area contributed by atoms with Crippen molar-refractivity contribution in [2.24, 2.45) is 5.73 Å². The molecule has 1 aromatic carbocycles. The first-order valence-corrected chi connectivity index (χ1v) is 6.65. The Balaban J connectivity index is 2.02. The molecule has 0 spiro atoms. The molecule has 0 unspecified atom stereocenters. The summed E-state index contributed by atoms with van der Waals surface area (Å²) in [5, 5.41) is 0. The molecule has 0 aliphatic carbocycles. The minimum atomic E-state index is -4.67. The Morgan fingerprint density at radius 2 is 2.16 bits per heavy atom. The minimum Gasteiger partial charge on any atom is -0.405 e. The van der Waals surface area contributed by atoms with E-state index in [0.717, 1.165) is 25.1 Å². The number of nitrogens with two attached hydrogens (primary N) is 1. The van der Waals surface area contributed by atoms with Crippen LogP contribution in [0.25, 0.3) is 0 Å². The first kappa shape index (κ1) is 14.6. The van der Waals surface area contributed by atoms with Crippen molar-refractivity contribution in [1.29, 1.82) is 0 Å². The number of likely N-dealkylation sites (tertiary alicyclic amines) is 1. The smallest absolute Gasteiger partial charge is 0.405 e. The Morgan fingerprint density at radius 1 is 1.42 bits per heavy atom. The molecule has 3 nitrogen and oxygen atoms in total. The van der Waals surface area contributed by atoms with Crippen LogP contribution in [0.5, 0.6) is 5.75 Å². The highest BCUT2D eigenvalue weighted by molar-refractivity contribution is 9.10. The summed E-state index contributed by atoms with van der Waals surface area (Å²) in [6, 6.07) is 4.79. The van der Waals surface area contributed by atoms with Gasteiger partial charge in [0.1, 0.15) is 5.75 Å². The highest BCUT2D eigenvalue weighted by Crippen LogP contribution is 2.31. The molecule has 1 aliphatic rings. The fourth-order valence-corrected chi connectivity index (χ4v) is 2.62. The van der Waals surface area contributed by atoms with E-state index in [4.69, 9.17) is 5.73 Å². The van der Waals surface area contributed by atoms with Crippen LogP contribution in [0.4, 0.5) is 13.2 Å². The van der Waals surface area contributed by atoms with Gasteiger partial charge in [-0.3, -0.25) is 4.90 Å². The fraction of sp³-hybridized carbons (Fsp3) is 0.500. The molecule has 19 heavy (non-hydrogen) atoms. The van der Waals surface area contributed by atoms with Gasteiger partial charge in [-0.1, -0.05) is 6.07 Å². The number of hydrogen-bond donors (Lipinski definition) is 1. The molecule has 1 saturated heterocycles. The Bertz CT molecular complexity index is 453. The molecule has 7 heteroatoms. The predicted octanol–water partition coefficient (Wildman–Crippen LogP) is 2.88. The second kappa shape index (κ2) is 5.68. The van der Waals surface area contributed by atoms with Gasteiger partial charge >= 0.3 is 6.36 Å². The van der Waals surface area contributed by atoms with Crippen LogP contribution in [0.3, 0.4) is 0 Å². The molecule has 0 amide bonds. The number of alkyl halides is 3. The maximum absolute atomic E-state index is 12.1. The summed E-state index contributed by atoms with van der Waals surface area (Å²) in [5.41, 5.74) is 6.73. The van der Waals surface area contributed by atoms with Gasteiger partial charge in [-0.05, 0) is 40.0 Å². The molecule has 2 N–H and O–H groups in total. The standard InChI is InChI=1S/C12H14BrF3N2O/c13-10-5-8(6-18-4-3-9(17)7-18)1-2-11(10)19-12(14,15)16/h1-2,5,9H,3-4,6-7,17H2/t9-/m0/s1. The topological polar surface area (TPSA) is 38.5 Å². The molecule has 0 saturated carbocycles. The molecule has 1 atom stereocenters. The molecule has 0 radical (unpaired) electrons. The molecule has 0 aromatic heterocycles. The zero-order valence-corrected chi connectivity index (χ0v) is 11.7. The van der Waals surface area contributed by atoms with Crippen LogP contribution >= 0.6 is 15.9 Å². The average Bonchev–Trinajstić information content (AvgIpc) is 2.66. The number of halogens is 4. The normalized spacial score (nSPS) is 20.8.